The van der Waals surface area contributed by atoms with Crippen molar-refractivity contribution in [2.75, 3.05) is 4.90 Å². The van der Waals surface area contributed by atoms with Crippen LogP contribution in [0.25, 0.3) is 0 Å². The third-order valence-electron chi connectivity index (χ3n) is 8.04. The van der Waals surface area contributed by atoms with Crippen molar-refractivity contribution in [1.82, 2.24) is 0 Å². The van der Waals surface area contributed by atoms with Gasteiger partial charge in [0.25, 0.3) is 0 Å². The van der Waals surface area contributed by atoms with Crippen LogP contribution in [0.4, 0.5) is 5.69 Å². The van der Waals surface area contributed by atoms with Crippen molar-refractivity contribution in [2.45, 2.75) is 18.8 Å². The average molecular weight is 492 g/mol. The number of hydrogen-bond donors (Lipinski definition) is 0. The molecule has 4 aromatic rings. The molecular weight excluding hydrogens is 470 g/mol. The molecule has 1 aromatic heterocycles. The minimum absolute atomic E-state index is 0.197. The molecule has 0 unspecified atom stereocenters. The van der Waals surface area contributed by atoms with E-state index in [0.29, 0.717) is 10.6 Å². The van der Waals surface area contributed by atoms with Crippen molar-refractivity contribution in [1.29, 1.82) is 0 Å². The van der Waals surface area contributed by atoms with Crippen LogP contribution in [0.15, 0.2) is 90.3 Å². The van der Waals surface area contributed by atoms with Crippen LogP contribution in [-0.4, -0.2) is 17.8 Å². The van der Waals surface area contributed by atoms with Gasteiger partial charge in [-0.3, -0.25) is 9.59 Å². The van der Waals surface area contributed by atoms with Crippen LogP contribution in [0, 0.1) is 11.3 Å². The van der Waals surface area contributed by atoms with Gasteiger partial charge in [-0.15, -0.1) is 11.3 Å². The molecule has 5 nitrogen and oxygen atoms in total. The Kier molecular flexibility index (Phi) is 4.42. The summed E-state index contributed by atoms with van der Waals surface area (Å²) in [6.07, 6.45) is 0. The lowest BCUT2D eigenvalue weighted by molar-refractivity contribution is -0.128. The molecule has 2 amide bonds. The summed E-state index contributed by atoms with van der Waals surface area (Å²) in [6.45, 7) is 1.93. The third-order valence-corrected chi connectivity index (χ3v) is 8.89. The van der Waals surface area contributed by atoms with Crippen LogP contribution in [0.2, 0.25) is 0 Å². The van der Waals surface area contributed by atoms with Gasteiger partial charge in [-0.1, -0.05) is 66.7 Å². The highest BCUT2D eigenvalue weighted by Gasteiger charge is 2.69. The number of thiophene rings is 1. The fraction of sp³-hybridized carbons (Fsp3) is 0.167. The molecule has 2 atom stereocenters. The van der Waals surface area contributed by atoms with Crippen LogP contribution < -0.4 is 9.64 Å². The molecule has 0 radical (unpaired) electrons. The van der Waals surface area contributed by atoms with Gasteiger partial charge in [-0.05, 0) is 52.8 Å². The predicted molar refractivity (Wildman–Crippen MR) is 136 cm³/mol. The zero-order chi connectivity index (χ0) is 24.6. The number of anilines is 1. The number of hydrogen-bond acceptors (Lipinski definition) is 5. The molecular formula is C30H21NO4S. The Morgan fingerprint density at radius 2 is 1.44 bits per heavy atom. The van der Waals surface area contributed by atoms with Gasteiger partial charge in [0, 0.05) is 11.8 Å². The lowest BCUT2D eigenvalue weighted by Crippen LogP contribution is -2.49. The van der Waals surface area contributed by atoms with Crippen molar-refractivity contribution < 1.29 is 19.1 Å². The van der Waals surface area contributed by atoms with Crippen LogP contribution in [0.5, 0.6) is 5.75 Å². The molecule has 176 valence electrons. The first-order valence-corrected chi connectivity index (χ1v) is 12.8. The van der Waals surface area contributed by atoms with E-state index >= 15 is 0 Å². The molecule has 8 rings (SSSR count). The SMILES string of the molecule is C[C@]12C(=O)N(c3ccccc3OC(=O)c3cccs3)C(=O)[C@H]1C1c3ccccc3C2c2ccccc21. The van der Waals surface area contributed by atoms with Gasteiger partial charge < -0.3 is 4.74 Å². The largest absolute Gasteiger partial charge is 0.420 e. The number of rotatable bonds is 3. The third kappa shape index (κ3) is 2.62. The minimum Gasteiger partial charge on any atom is -0.420 e. The topological polar surface area (TPSA) is 63.7 Å². The quantitative estimate of drug-likeness (QED) is 0.208. The monoisotopic (exact) mass is 491 g/mol. The summed E-state index contributed by atoms with van der Waals surface area (Å²) in [5.41, 5.74) is 3.81. The Morgan fingerprint density at radius 1 is 0.833 bits per heavy atom. The van der Waals surface area contributed by atoms with E-state index in [1.54, 1.807) is 41.8 Å². The zero-order valence-corrected chi connectivity index (χ0v) is 20.2. The Bertz CT molecular complexity index is 1530. The molecule has 0 N–H and O–H groups in total. The van der Waals surface area contributed by atoms with E-state index in [9.17, 15) is 14.4 Å². The number of benzene rings is 3. The second-order valence-electron chi connectivity index (χ2n) is 9.74. The summed E-state index contributed by atoms with van der Waals surface area (Å²) in [5, 5.41) is 1.80. The number of nitrogens with zero attached hydrogens (tertiary/aromatic N) is 1. The molecule has 1 saturated heterocycles. The molecule has 3 aliphatic carbocycles. The maximum atomic E-state index is 14.3. The molecule has 3 aromatic carbocycles. The summed E-state index contributed by atoms with van der Waals surface area (Å²) >= 11 is 1.28. The highest BCUT2D eigenvalue weighted by molar-refractivity contribution is 7.12. The van der Waals surface area contributed by atoms with Gasteiger partial charge >= 0.3 is 5.97 Å². The highest BCUT2D eigenvalue weighted by Crippen LogP contribution is 2.67. The van der Waals surface area contributed by atoms with E-state index in [1.165, 1.54) is 16.2 Å². The van der Waals surface area contributed by atoms with Gasteiger partial charge in [0.2, 0.25) is 11.8 Å². The van der Waals surface area contributed by atoms with Crippen LogP contribution in [0.1, 0.15) is 50.7 Å². The first-order chi connectivity index (χ1) is 17.5. The molecule has 2 bridgehead atoms. The van der Waals surface area contributed by atoms with Crippen molar-refractivity contribution in [3.63, 3.8) is 0 Å². The molecule has 36 heavy (non-hydrogen) atoms. The Morgan fingerprint density at radius 3 is 2.08 bits per heavy atom. The lowest BCUT2D eigenvalue weighted by atomic mass is 9.48. The standard InChI is InChI=1S/C30H21NO4S/c1-30-25-19-11-4-2-9-17(19)24(18-10-3-5-12-20(18)25)26(30)27(32)31(29(30)34)21-13-6-7-14-22(21)35-28(33)23-15-8-16-36-23/h2-16,24-26H,1H3/t24?,25?,26-,30-/m1/s1. The van der Waals surface area contributed by atoms with Crippen molar-refractivity contribution in [3.8, 4) is 5.75 Å². The number of para-hydroxylation sites is 2. The van der Waals surface area contributed by atoms with Crippen molar-refractivity contribution in [2.24, 2.45) is 11.3 Å². The van der Waals surface area contributed by atoms with E-state index in [0.717, 1.165) is 22.3 Å². The number of esters is 1. The van der Waals surface area contributed by atoms with Crippen LogP contribution in [0.3, 0.4) is 0 Å². The van der Waals surface area contributed by atoms with E-state index in [2.05, 4.69) is 24.3 Å². The summed E-state index contributed by atoms with van der Waals surface area (Å²) in [4.78, 5) is 43.0. The fourth-order valence-corrected chi connectivity index (χ4v) is 7.22. The maximum absolute atomic E-state index is 14.3. The summed E-state index contributed by atoms with van der Waals surface area (Å²) < 4.78 is 5.70. The summed E-state index contributed by atoms with van der Waals surface area (Å²) in [5.74, 6) is -1.81. The van der Waals surface area contributed by atoms with Crippen molar-refractivity contribution in [3.05, 3.63) is 117 Å². The molecule has 1 fully saturated rings. The van der Waals surface area contributed by atoms with E-state index in [4.69, 9.17) is 4.74 Å². The first-order valence-electron chi connectivity index (χ1n) is 11.9. The Hall–Kier alpha value is -4.03. The number of imide groups is 1. The van der Waals surface area contributed by atoms with E-state index in [-0.39, 0.29) is 29.4 Å². The number of carbonyl (C=O) groups is 3. The molecule has 1 aliphatic heterocycles. The van der Waals surface area contributed by atoms with Crippen LogP contribution in [-0.2, 0) is 9.59 Å². The van der Waals surface area contributed by atoms with Crippen molar-refractivity contribution >= 4 is 34.8 Å². The zero-order valence-electron chi connectivity index (χ0n) is 19.4. The second-order valence-corrected chi connectivity index (χ2v) is 10.7. The smallest absolute Gasteiger partial charge is 0.353 e. The van der Waals surface area contributed by atoms with E-state index in [1.807, 2.05) is 31.2 Å². The van der Waals surface area contributed by atoms with Gasteiger partial charge in [0.1, 0.15) is 4.88 Å². The molecule has 6 heteroatoms. The second kappa shape index (κ2) is 7.48. The molecule has 4 aliphatic rings. The number of ether oxygens (including phenoxy) is 1. The predicted octanol–water partition coefficient (Wildman–Crippen LogP) is 5.75. The number of amides is 2. The Balaban J connectivity index is 1.37. The normalized spacial score (nSPS) is 25.4. The fourth-order valence-electron chi connectivity index (χ4n) is 6.62. The van der Waals surface area contributed by atoms with Gasteiger partial charge in [-0.2, -0.15) is 0 Å². The highest BCUT2D eigenvalue weighted by atomic mass is 32.1. The molecule has 2 heterocycles. The maximum Gasteiger partial charge on any atom is 0.353 e. The van der Waals surface area contributed by atoms with Gasteiger partial charge in [0.05, 0.1) is 17.0 Å². The van der Waals surface area contributed by atoms with Gasteiger partial charge in [-0.25, -0.2) is 9.69 Å². The summed E-state index contributed by atoms with van der Waals surface area (Å²) in [6, 6.07) is 26.6. The first kappa shape index (κ1) is 21.3. The lowest BCUT2D eigenvalue weighted by Gasteiger charge is -2.51. The molecule has 0 spiro atoms. The van der Waals surface area contributed by atoms with Crippen LogP contribution >= 0.6 is 11.3 Å². The summed E-state index contributed by atoms with van der Waals surface area (Å²) in [7, 11) is 0. The van der Waals surface area contributed by atoms with E-state index < -0.39 is 17.3 Å². The number of carbonyl (C=O) groups excluding carboxylic acids is 3. The minimum atomic E-state index is -0.949. The molecule has 0 saturated carbocycles. The van der Waals surface area contributed by atoms with Gasteiger partial charge in [0.15, 0.2) is 5.75 Å². The Labute approximate surface area is 212 Å². The average Bonchev–Trinajstić information content (AvgIpc) is 3.51.